The van der Waals surface area contributed by atoms with Crippen molar-refractivity contribution in [2.24, 2.45) is 0 Å². The summed E-state index contributed by atoms with van der Waals surface area (Å²) in [6, 6.07) is 15.6. The molecule has 0 radical (unpaired) electrons. The smallest absolute Gasteiger partial charge is 0.351 e. The molecule has 0 aromatic heterocycles. The fraction of sp³-hybridized carbons (Fsp3) is 0.214. The van der Waals surface area contributed by atoms with Crippen LogP contribution >= 0.6 is 12.0 Å². The Balaban J connectivity index is 1.33. The van der Waals surface area contributed by atoms with Gasteiger partial charge in [0, 0.05) is 5.92 Å². The molecular weight excluding hydrogens is 457 g/mol. The van der Waals surface area contributed by atoms with Gasteiger partial charge < -0.3 is 8.92 Å². The predicted molar refractivity (Wildman–Crippen MR) is 134 cm³/mol. The first-order chi connectivity index (χ1) is 16.5. The highest BCUT2D eigenvalue weighted by Crippen LogP contribution is 2.41. The average Bonchev–Trinajstić information content (AvgIpc) is 2.85. The summed E-state index contributed by atoms with van der Waals surface area (Å²) in [5, 5.41) is -1.12. The van der Waals surface area contributed by atoms with Crippen LogP contribution in [-0.2, 0) is 10.6 Å². The molecule has 34 heavy (non-hydrogen) atoms. The average molecular weight is 481 g/mol. The van der Waals surface area contributed by atoms with Crippen LogP contribution < -0.4 is 4.74 Å². The summed E-state index contributed by atoms with van der Waals surface area (Å²) in [5.41, 5.74) is 6.10. The van der Waals surface area contributed by atoms with Gasteiger partial charge in [-0.15, -0.1) is 0 Å². The van der Waals surface area contributed by atoms with E-state index in [1.807, 2.05) is 18.2 Å². The van der Waals surface area contributed by atoms with Crippen LogP contribution in [0.15, 0.2) is 66.8 Å². The van der Waals surface area contributed by atoms with Crippen molar-refractivity contribution >= 4 is 41.0 Å². The summed E-state index contributed by atoms with van der Waals surface area (Å²) in [6.45, 7) is -0.758. The van der Waals surface area contributed by atoms with Gasteiger partial charge in [0.1, 0.15) is 12.4 Å². The molecule has 2 unspecified atom stereocenters. The molecule has 0 fully saturated rings. The highest BCUT2D eigenvalue weighted by atomic mass is 32.2. The normalized spacial score (nSPS) is 17.5. The second kappa shape index (κ2) is 9.35. The Hall–Kier alpha value is -2.96. The zero-order valence-corrected chi connectivity index (χ0v) is 19.3. The number of hydrogen-bond acceptors (Lipinski definition) is 3. The third-order valence-corrected chi connectivity index (χ3v) is 6.81. The maximum atomic E-state index is 13.7. The number of allylic oxidation sites excluding steroid dienone is 3. The standard InChI is InChI=1S/C28H23F3O2S/c1-32-34-28(30,31)25(29)17-33-23-14-6-18(7-15-23)5-8-19-9-10-22-12-11-20-3-2-4-21-13-16-24(19)27(22)26(20)21/h2-3,5-16,20,25H,4,17H2,1H3/b8-5+. The molecule has 2 atom stereocenters. The molecule has 6 heteroatoms. The molecule has 2 aliphatic carbocycles. The van der Waals surface area contributed by atoms with Crippen LogP contribution in [0.25, 0.3) is 29.0 Å². The highest BCUT2D eigenvalue weighted by Gasteiger charge is 2.42. The number of halogens is 3. The molecule has 2 aliphatic rings. The summed E-state index contributed by atoms with van der Waals surface area (Å²) < 4.78 is 50.2. The minimum Gasteiger partial charge on any atom is -0.490 e. The Morgan fingerprint density at radius 3 is 2.68 bits per heavy atom. The zero-order valence-electron chi connectivity index (χ0n) is 18.5. The van der Waals surface area contributed by atoms with Crippen molar-refractivity contribution in [3.8, 4) is 5.75 Å². The lowest BCUT2D eigenvalue weighted by Gasteiger charge is -2.25. The maximum Gasteiger partial charge on any atom is 0.351 e. The number of ether oxygens (including phenoxy) is 1. The largest absolute Gasteiger partial charge is 0.490 e. The highest BCUT2D eigenvalue weighted by molar-refractivity contribution is 7.95. The first-order valence-corrected chi connectivity index (χ1v) is 11.8. The van der Waals surface area contributed by atoms with Crippen LogP contribution in [-0.4, -0.2) is 25.1 Å². The van der Waals surface area contributed by atoms with Gasteiger partial charge in [0.15, 0.2) is 0 Å². The van der Waals surface area contributed by atoms with Crippen molar-refractivity contribution in [2.45, 2.75) is 23.8 Å². The number of benzene rings is 3. The van der Waals surface area contributed by atoms with Crippen molar-refractivity contribution in [1.82, 2.24) is 0 Å². The molecule has 0 aliphatic heterocycles. The van der Waals surface area contributed by atoms with E-state index in [2.05, 4.69) is 58.8 Å². The summed E-state index contributed by atoms with van der Waals surface area (Å²) >= 11 is -0.208. The molecule has 0 amide bonds. The Morgan fingerprint density at radius 1 is 1.06 bits per heavy atom. The van der Waals surface area contributed by atoms with E-state index in [1.165, 1.54) is 27.5 Å². The van der Waals surface area contributed by atoms with E-state index >= 15 is 0 Å². The molecule has 0 saturated heterocycles. The van der Waals surface area contributed by atoms with E-state index < -0.39 is 18.0 Å². The van der Waals surface area contributed by atoms with E-state index in [0.29, 0.717) is 11.7 Å². The zero-order chi connectivity index (χ0) is 23.7. The lowest BCUT2D eigenvalue weighted by Crippen LogP contribution is -2.31. The van der Waals surface area contributed by atoms with Crippen LogP contribution in [0, 0.1) is 0 Å². The van der Waals surface area contributed by atoms with Crippen molar-refractivity contribution in [2.75, 3.05) is 13.7 Å². The van der Waals surface area contributed by atoms with E-state index in [4.69, 9.17) is 4.74 Å². The predicted octanol–water partition coefficient (Wildman–Crippen LogP) is 7.84. The Morgan fingerprint density at radius 2 is 1.88 bits per heavy atom. The number of alkyl halides is 3. The molecule has 0 spiro atoms. The van der Waals surface area contributed by atoms with Crippen LogP contribution in [0.5, 0.6) is 5.75 Å². The Labute approximate surface area is 201 Å². The second-order valence-electron chi connectivity index (χ2n) is 8.31. The van der Waals surface area contributed by atoms with Crippen molar-refractivity contribution in [3.05, 3.63) is 94.6 Å². The van der Waals surface area contributed by atoms with Gasteiger partial charge in [-0.05, 0) is 57.1 Å². The quantitative estimate of drug-likeness (QED) is 0.186. The van der Waals surface area contributed by atoms with Gasteiger partial charge in [0.2, 0.25) is 6.17 Å². The van der Waals surface area contributed by atoms with Gasteiger partial charge in [0.05, 0.1) is 19.2 Å². The minimum atomic E-state index is -3.67. The first-order valence-electron chi connectivity index (χ1n) is 11.0. The van der Waals surface area contributed by atoms with E-state index in [9.17, 15) is 13.2 Å². The molecule has 3 aromatic rings. The fourth-order valence-corrected chi connectivity index (χ4v) is 4.90. The molecule has 0 N–H and O–H groups in total. The topological polar surface area (TPSA) is 18.5 Å². The lowest BCUT2D eigenvalue weighted by molar-refractivity contribution is -0.0121. The van der Waals surface area contributed by atoms with Crippen molar-refractivity contribution in [1.29, 1.82) is 0 Å². The molecule has 3 aromatic carbocycles. The maximum absolute atomic E-state index is 13.7. The summed E-state index contributed by atoms with van der Waals surface area (Å²) in [6.07, 6.45) is 11.5. The molecule has 0 saturated carbocycles. The van der Waals surface area contributed by atoms with Crippen molar-refractivity contribution < 1.29 is 22.1 Å². The Bertz CT molecular complexity index is 1300. The monoisotopic (exact) mass is 480 g/mol. The van der Waals surface area contributed by atoms with E-state index in [-0.39, 0.29) is 12.0 Å². The van der Waals surface area contributed by atoms with Gasteiger partial charge in [-0.1, -0.05) is 72.9 Å². The number of rotatable bonds is 8. The van der Waals surface area contributed by atoms with Crippen LogP contribution in [0.3, 0.4) is 0 Å². The first kappa shape index (κ1) is 22.8. The van der Waals surface area contributed by atoms with Gasteiger partial charge in [-0.3, -0.25) is 0 Å². The summed E-state index contributed by atoms with van der Waals surface area (Å²) in [5.74, 6) is 0.663. The minimum absolute atomic E-state index is 0.208. The van der Waals surface area contributed by atoms with Gasteiger partial charge >= 0.3 is 5.25 Å². The van der Waals surface area contributed by atoms with Gasteiger partial charge in [-0.25, -0.2) is 4.39 Å². The second-order valence-corrected chi connectivity index (χ2v) is 9.36. The third kappa shape index (κ3) is 4.40. The van der Waals surface area contributed by atoms with E-state index in [0.717, 1.165) is 24.7 Å². The Kier molecular flexibility index (Phi) is 6.28. The van der Waals surface area contributed by atoms with Crippen LogP contribution in [0.2, 0.25) is 0 Å². The SMILES string of the molecule is COSC(F)(F)C(F)COc1ccc(/C=C/c2ccc3c4c5c(ccc24)CC=CC5C=C3)cc1. The molecular formula is C28H23F3O2S. The van der Waals surface area contributed by atoms with Gasteiger partial charge in [-0.2, -0.15) is 8.78 Å². The molecule has 174 valence electrons. The molecule has 2 nitrogen and oxygen atoms in total. The summed E-state index contributed by atoms with van der Waals surface area (Å²) in [4.78, 5) is 0. The molecule has 0 bridgehead atoms. The fourth-order valence-electron chi connectivity index (χ4n) is 4.51. The third-order valence-electron chi connectivity index (χ3n) is 6.17. The molecule has 0 heterocycles. The summed E-state index contributed by atoms with van der Waals surface area (Å²) in [7, 11) is 1.07. The number of hydrogen-bond donors (Lipinski definition) is 0. The van der Waals surface area contributed by atoms with Crippen LogP contribution in [0.1, 0.15) is 33.7 Å². The van der Waals surface area contributed by atoms with E-state index in [1.54, 1.807) is 12.1 Å². The lowest BCUT2D eigenvalue weighted by atomic mass is 9.78. The van der Waals surface area contributed by atoms with Crippen LogP contribution in [0.4, 0.5) is 13.2 Å². The van der Waals surface area contributed by atoms with Gasteiger partial charge in [0.25, 0.3) is 0 Å². The van der Waals surface area contributed by atoms with Crippen molar-refractivity contribution in [3.63, 3.8) is 0 Å². The molecule has 5 rings (SSSR count).